The van der Waals surface area contributed by atoms with Crippen molar-refractivity contribution >= 4 is 63.4 Å². The lowest BCUT2D eigenvalue weighted by atomic mass is 9.92. The van der Waals surface area contributed by atoms with Crippen molar-refractivity contribution in [3.8, 4) is 0 Å². The molecule has 4 aromatic rings. The summed E-state index contributed by atoms with van der Waals surface area (Å²) in [6, 6.07) is 17.3. The van der Waals surface area contributed by atoms with Crippen molar-refractivity contribution in [2.45, 2.75) is 6.54 Å². The molecule has 168 valence electrons. The van der Waals surface area contributed by atoms with Gasteiger partial charge in [0, 0.05) is 45.8 Å². The summed E-state index contributed by atoms with van der Waals surface area (Å²) < 4.78 is 1.87. The Bertz CT molecular complexity index is 1460. The maximum Gasteiger partial charge on any atom is 0.265 e. The van der Waals surface area contributed by atoms with Crippen LogP contribution in [0.15, 0.2) is 78.0 Å². The molecule has 0 aliphatic carbocycles. The molecule has 0 atom stereocenters. The summed E-state index contributed by atoms with van der Waals surface area (Å²) in [5, 5.41) is 10.9. The molecule has 1 aliphatic rings. The Hall–Kier alpha value is -3.58. The number of benzene rings is 3. The van der Waals surface area contributed by atoms with Gasteiger partial charge in [-0.1, -0.05) is 35.3 Å². The van der Waals surface area contributed by atoms with Crippen LogP contribution in [0.1, 0.15) is 26.3 Å². The minimum atomic E-state index is -0.431. The molecule has 6 nitrogen and oxygen atoms in total. The number of anilines is 1. The van der Waals surface area contributed by atoms with Crippen molar-refractivity contribution in [1.29, 1.82) is 0 Å². The van der Waals surface area contributed by atoms with Crippen molar-refractivity contribution in [1.82, 2.24) is 0 Å². The Labute approximate surface area is 205 Å². The molecular weight excluding hydrogens is 473 g/mol. The van der Waals surface area contributed by atoms with E-state index >= 15 is 0 Å². The predicted octanol–water partition coefficient (Wildman–Crippen LogP) is 4.98. The first-order valence-corrected chi connectivity index (χ1v) is 11.3. The molecule has 2 amide bonds. The van der Waals surface area contributed by atoms with Crippen LogP contribution in [0.2, 0.25) is 10.0 Å². The van der Waals surface area contributed by atoms with Gasteiger partial charge in [0.2, 0.25) is 0 Å². The summed E-state index contributed by atoms with van der Waals surface area (Å²) >= 11 is 12.1. The van der Waals surface area contributed by atoms with Crippen LogP contribution in [-0.2, 0) is 6.54 Å². The second kappa shape index (κ2) is 8.99. The van der Waals surface area contributed by atoms with E-state index in [0.717, 1.165) is 10.5 Å². The Morgan fingerprint density at radius 1 is 0.912 bits per heavy atom. The van der Waals surface area contributed by atoms with Gasteiger partial charge in [0.05, 0.1) is 21.4 Å². The quantitative estimate of drug-likeness (QED) is 0.243. The summed E-state index contributed by atoms with van der Waals surface area (Å²) in [6.07, 6.45) is 5.45. The number of carbonyl (C=O) groups excluding carboxylic acids is 2. The van der Waals surface area contributed by atoms with Gasteiger partial charge in [-0.15, -0.1) is 0 Å². The van der Waals surface area contributed by atoms with Crippen molar-refractivity contribution in [3.63, 3.8) is 0 Å². The van der Waals surface area contributed by atoms with Crippen LogP contribution >= 0.6 is 23.2 Å². The highest BCUT2D eigenvalue weighted by atomic mass is 35.5. The lowest BCUT2D eigenvalue weighted by Gasteiger charge is -2.27. The van der Waals surface area contributed by atoms with Gasteiger partial charge >= 0.3 is 0 Å². The second-order valence-electron chi connectivity index (χ2n) is 7.76. The zero-order valence-corrected chi connectivity index (χ0v) is 19.3. The Morgan fingerprint density at radius 3 is 2.35 bits per heavy atom. The minimum absolute atomic E-state index is 0.0682. The number of amides is 2. The molecule has 0 fully saturated rings. The third-order valence-corrected chi connectivity index (χ3v) is 6.41. The number of aliphatic hydroxyl groups is 1. The maximum absolute atomic E-state index is 13.4. The number of nitrogens with zero attached hydrogens (tertiary/aromatic N) is 3. The van der Waals surface area contributed by atoms with Crippen molar-refractivity contribution in [3.05, 3.63) is 99.8 Å². The number of rotatable bonds is 5. The van der Waals surface area contributed by atoms with Crippen molar-refractivity contribution in [2.24, 2.45) is 4.99 Å². The van der Waals surface area contributed by atoms with Gasteiger partial charge in [0.1, 0.15) is 6.61 Å². The monoisotopic (exact) mass is 490 g/mol. The first-order valence-electron chi connectivity index (χ1n) is 10.5. The van der Waals surface area contributed by atoms with E-state index in [4.69, 9.17) is 28.3 Å². The summed E-state index contributed by atoms with van der Waals surface area (Å²) in [4.78, 5) is 32.4. The Balaban J connectivity index is 1.55. The van der Waals surface area contributed by atoms with E-state index in [1.807, 2.05) is 35.2 Å². The SMILES string of the molecule is O=C1c2cccc3c(N=Cc4cc[n+](CCO)cc4)ccc(c23)C(=O)N1c1ccc(Cl)c(Cl)c1. The third-order valence-electron chi connectivity index (χ3n) is 5.67. The molecule has 8 heteroatoms. The van der Waals surface area contributed by atoms with E-state index in [2.05, 4.69) is 4.99 Å². The predicted molar refractivity (Wildman–Crippen MR) is 133 cm³/mol. The molecule has 34 heavy (non-hydrogen) atoms. The average Bonchev–Trinajstić information content (AvgIpc) is 2.84. The average molecular weight is 491 g/mol. The van der Waals surface area contributed by atoms with E-state index in [-0.39, 0.29) is 11.6 Å². The fourth-order valence-electron chi connectivity index (χ4n) is 4.02. The summed E-state index contributed by atoms with van der Waals surface area (Å²) in [5.41, 5.74) is 2.72. The minimum Gasteiger partial charge on any atom is -0.390 e. The highest BCUT2D eigenvalue weighted by molar-refractivity contribution is 6.43. The molecule has 1 aromatic heterocycles. The number of aromatic nitrogens is 1. The molecule has 1 aliphatic heterocycles. The first-order chi connectivity index (χ1) is 16.5. The van der Waals surface area contributed by atoms with Crippen LogP contribution < -0.4 is 9.47 Å². The number of halogens is 2. The number of imide groups is 1. The topological polar surface area (TPSA) is 73.9 Å². The zero-order chi connectivity index (χ0) is 23.8. The lowest BCUT2D eigenvalue weighted by molar-refractivity contribution is -0.698. The van der Waals surface area contributed by atoms with E-state index < -0.39 is 11.8 Å². The van der Waals surface area contributed by atoms with Gasteiger partial charge in [-0.3, -0.25) is 14.6 Å². The molecule has 0 radical (unpaired) electrons. The van der Waals surface area contributed by atoms with Crippen LogP contribution in [0, 0.1) is 0 Å². The van der Waals surface area contributed by atoms with Gasteiger partial charge in [-0.05, 0) is 36.4 Å². The highest BCUT2D eigenvalue weighted by Crippen LogP contribution is 2.38. The van der Waals surface area contributed by atoms with Crippen molar-refractivity contribution < 1.29 is 19.3 Å². The van der Waals surface area contributed by atoms with E-state index in [0.29, 0.717) is 44.8 Å². The van der Waals surface area contributed by atoms with E-state index in [1.165, 1.54) is 6.07 Å². The molecule has 0 saturated carbocycles. The molecule has 0 saturated heterocycles. The maximum atomic E-state index is 13.4. The lowest BCUT2D eigenvalue weighted by Crippen LogP contribution is -2.40. The Kier molecular flexibility index (Phi) is 5.87. The van der Waals surface area contributed by atoms with E-state index in [9.17, 15) is 9.59 Å². The summed E-state index contributed by atoms with van der Waals surface area (Å²) in [7, 11) is 0. The fraction of sp³-hybridized carbons (Fsp3) is 0.0769. The molecular formula is C26H18Cl2N3O3+. The van der Waals surface area contributed by atoms with Gasteiger partial charge in [0.15, 0.2) is 18.9 Å². The largest absolute Gasteiger partial charge is 0.390 e. The molecule has 0 spiro atoms. The smallest absolute Gasteiger partial charge is 0.265 e. The number of hydrogen-bond acceptors (Lipinski definition) is 4. The van der Waals surface area contributed by atoms with E-state index in [1.54, 1.807) is 42.6 Å². The number of pyridine rings is 1. The van der Waals surface area contributed by atoms with Crippen LogP contribution in [-0.4, -0.2) is 29.7 Å². The van der Waals surface area contributed by atoms with Crippen LogP contribution in [0.5, 0.6) is 0 Å². The van der Waals surface area contributed by atoms with Crippen LogP contribution in [0.25, 0.3) is 10.8 Å². The number of aliphatic hydroxyl groups excluding tert-OH is 1. The second-order valence-corrected chi connectivity index (χ2v) is 8.57. The standard InChI is InChI=1S/C26H18Cl2N3O3/c27-21-6-4-17(14-22(21)28)31-25(33)19-3-1-2-18-23(7-5-20(24(18)19)26(31)34)29-15-16-8-10-30(11-9-16)12-13-32/h1-11,14-15,32H,12-13H2/q+1. The number of carbonyl (C=O) groups is 2. The molecule has 3 aromatic carbocycles. The van der Waals surface area contributed by atoms with Crippen LogP contribution in [0.3, 0.4) is 0 Å². The summed E-state index contributed by atoms with van der Waals surface area (Å²) in [6.45, 7) is 0.590. The molecule has 2 heterocycles. The molecule has 0 unspecified atom stereocenters. The van der Waals surface area contributed by atoms with Gasteiger partial charge in [-0.2, -0.15) is 0 Å². The van der Waals surface area contributed by atoms with Crippen molar-refractivity contribution in [2.75, 3.05) is 11.5 Å². The van der Waals surface area contributed by atoms with Gasteiger partial charge < -0.3 is 5.11 Å². The number of aliphatic imine (C=N–C) groups is 1. The molecule has 1 N–H and O–H groups in total. The third kappa shape index (κ3) is 3.86. The molecule has 0 bridgehead atoms. The zero-order valence-electron chi connectivity index (χ0n) is 17.8. The Morgan fingerprint density at radius 2 is 1.65 bits per heavy atom. The normalized spacial score (nSPS) is 13.3. The number of hydrogen-bond donors (Lipinski definition) is 1. The first kappa shape index (κ1) is 22.2. The highest BCUT2D eigenvalue weighted by Gasteiger charge is 2.34. The fourth-order valence-corrected chi connectivity index (χ4v) is 4.31. The van der Waals surface area contributed by atoms with Gasteiger partial charge in [0.25, 0.3) is 11.8 Å². The van der Waals surface area contributed by atoms with Crippen LogP contribution in [0.4, 0.5) is 11.4 Å². The van der Waals surface area contributed by atoms with Gasteiger partial charge in [-0.25, -0.2) is 9.47 Å². The summed E-state index contributed by atoms with van der Waals surface area (Å²) in [5.74, 6) is -0.863. The molecule has 5 rings (SSSR count).